The van der Waals surface area contributed by atoms with Crippen LogP contribution in [0.4, 0.5) is 0 Å². The van der Waals surface area contributed by atoms with E-state index in [9.17, 15) is 0 Å². The minimum absolute atomic E-state index is 0.173. The number of nitrogens with zero attached hydrogens (tertiary/aromatic N) is 1. The maximum Gasteiger partial charge on any atom is 0.0930 e. The van der Waals surface area contributed by atoms with Crippen LogP contribution in [0.15, 0.2) is 5.38 Å². The van der Waals surface area contributed by atoms with Crippen molar-refractivity contribution in [3.63, 3.8) is 0 Å². The summed E-state index contributed by atoms with van der Waals surface area (Å²) < 4.78 is 0.173. The highest BCUT2D eigenvalue weighted by atomic mass is 33.1. The van der Waals surface area contributed by atoms with E-state index < -0.39 is 0 Å². The molecule has 0 saturated heterocycles. The highest BCUT2D eigenvalue weighted by molar-refractivity contribution is 8.69. The third-order valence-corrected chi connectivity index (χ3v) is 5.08. The first-order valence-corrected chi connectivity index (χ1v) is 7.93. The van der Waals surface area contributed by atoms with Gasteiger partial charge in [0.15, 0.2) is 0 Å². The Bertz CT molecular complexity index is 305. The molecule has 1 heterocycles. The number of rotatable bonds is 5. The fourth-order valence-corrected chi connectivity index (χ4v) is 2.76. The summed E-state index contributed by atoms with van der Waals surface area (Å²) in [6, 6.07) is 0. The van der Waals surface area contributed by atoms with Gasteiger partial charge in [-0.1, -0.05) is 24.6 Å². The minimum Gasteiger partial charge on any atom is -0.246 e. The van der Waals surface area contributed by atoms with Crippen LogP contribution >= 0.6 is 33.8 Å². The van der Waals surface area contributed by atoms with Gasteiger partial charge in [-0.3, -0.25) is 0 Å². The Hall–Kier alpha value is 0.330. The summed E-state index contributed by atoms with van der Waals surface area (Å²) in [4.78, 5) is 4.65. The molecule has 0 radical (unpaired) electrons. The quantitative estimate of drug-likeness (QED) is 0.629. The molecule has 0 N–H and O–H groups in total. The molecule has 86 valence electrons. The first-order valence-electron chi connectivity index (χ1n) is 5.19. The van der Waals surface area contributed by atoms with Gasteiger partial charge in [0.1, 0.15) is 0 Å². The molecule has 0 aliphatic carbocycles. The van der Waals surface area contributed by atoms with Crippen molar-refractivity contribution in [3.8, 4) is 0 Å². The molecule has 1 rings (SSSR count). The van der Waals surface area contributed by atoms with Crippen molar-refractivity contribution in [2.45, 2.75) is 45.3 Å². The van der Waals surface area contributed by atoms with E-state index in [4.69, 9.17) is 0 Å². The van der Waals surface area contributed by atoms with Gasteiger partial charge in [0.05, 0.1) is 10.7 Å². The lowest BCUT2D eigenvalue weighted by atomic mass is 10.1. The van der Waals surface area contributed by atoms with Crippen molar-refractivity contribution in [2.24, 2.45) is 5.92 Å². The van der Waals surface area contributed by atoms with E-state index in [1.165, 1.54) is 10.7 Å². The van der Waals surface area contributed by atoms with Crippen molar-refractivity contribution < 1.29 is 0 Å². The summed E-state index contributed by atoms with van der Waals surface area (Å²) in [6.45, 7) is 8.86. The summed E-state index contributed by atoms with van der Waals surface area (Å²) in [5.74, 6) is 0.691. The predicted octanol–water partition coefficient (Wildman–Crippen LogP) is 4.24. The van der Waals surface area contributed by atoms with Gasteiger partial charge in [-0.25, -0.2) is 4.98 Å². The van der Waals surface area contributed by atoms with Crippen molar-refractivity contribution in [1.82, 2.24) is 4.98 Å². The second-order valence-corrected chi connectivity index (χ2v) is 7.64. The average molecular weight is 261 g/mol. The molecule has 0 aliphatic rings. The normalized spacial score (nSPS) is 12.4. The van der Waals surface area contributed by atoms with Crippen molar-refractivity contribution in [2.75, 3.05) is 0 Å². The minimum atomic E-state index is 0.173. The molecule has 0 aromatic carbocycles. The first-order chi connectivity index (χ1) is 6.93. The molecule has 0 bridgehead atoms. The van der Waals surface area contributed by atoms with Crippen LogP contribution in [0.5, 0.6) is 0 Å². The molecular weight excluding hydrogens is 242 g/mol. The van der Waals surface area contributed by atoms with Crippen LogP contribution in [0.2, 0.25) is 0 Å². The molecule has 0 saturated carbocycles. The Labute approximate surface area is 106 Å². The summed E-state index contributed by atoms with van der Waals surface area (Å²) in [7, 11) is 1.60. The standard InChI is InChI=1S/C11H19NS3/c1-8(2)5-10-12-9(7-14-10)6-11(3,4)15-13/h7-8,13H,5-6H2,1-4H3. The van der Waals surface area contributed by atoms with Crippen molar-refractivity contribution >= 4 is 33.8 Å². The lowest BCUT2D eigenvalue weighted by Crippen LogP contribution is -2.16. The summed E-state index contributed by atoms with van der Waals surface area (Å²) in [5, 5.41) is 3.45. The number of hydrogen-bond acceptors (Lipinski definition) is 4. The van der Waals surface area contributed by atoms with Gasteiger partial charge in [0.25, 0.3) is 0 Å². The summed E-state index contributed by atoms with van der Waals surface area (Å²) in [5.41, 5.74) is 1.21. The third kappa shape index (κ3) is 4.79. The summed E-state index contributed by atoms with van der Waals surface area (Å²) in [6.07, 6.45) is 2.09. The van der Waals surface area contributed by atoms with Gasteiger partial charge in [-0.2, -0.15) is 0 Å². The van der Waals surface area contributed by atoms with Crippen LogP contribution in [0.3, 0.4) is 0 Å². The molecule has 4 heteroatoms. The second-order valence-electron chi connectivity index (χ2n) is 4.86. The molecule has 15 heavy (non-hydrogen) atoms. The molecule has 0 fully saturated rings. The molecule has 0 unspecified atom stereocenters. The Balaban J connectivity index is 2.60. The van der Waals surface area contributed by atoms with Crippen LogP contribution < -0.4 is 0 Å². The molecule has 1 aromatic rings. The van der Waals surface area contributed by atoms with E-state index in [-0.39, 0.29) is 4.75 Å². The van der Waals surface area contributed by atoms with Gasteiger partial charge in [-0.15, -0.1) is 23.0 Å². The van der Waals surface area contributed by atoms with E-state index in [1.807, 2.05) is 0 Å². The van der Waals surface area contributed by atoms with Crippen LogP contribution in [0.1, 0.15) is 38.4 Å². The van der Waals surface area contributed by atoms with E-state index in [0.717, 1.165) is 12.8 Å². The Morgan fingerprint density at radius 2 is 2.20 bits per heavy atom. The fourth-order valence-electron chi connectivity index (χ4n) is 1.34. The molecule has 0 spiro atoms. The third-order valence-electron chi connectivity index (χ3n) is 2.04. The molecule has 1 nitrogen and oxygen atoms in total. The van der Waals surface area contributed by atoms with Gasteiger partial charge in [0, 0.05) is 23.0 Å². The zero-order chi connectivity index (χ0) is 11.5. The monoisotopic (exact) mass is 261 g/mol. The zero-order valence-corrected chi connectivity index (χ0v) is 12.3. The van der Waals surface area contributed by atoms with Crippen LogP contribution in [0, 0.1) is 5.92 Å². The van der Waals surface area contributed by atoms with Crippen molar-refractivity contribution in [1.29, 1.82) is 0 Å². The Morgan fingerprint density at radius 1 is 1.53 bits per heavy atom. The Kier molecular flexibility index (Phi) is 5.00. The van der Waals surface area contributed by atoms with Gasteiger partial charge in [-0.05, 0) is 19.8 Å². The highest BCUT2D eigenvalue weighted by Gasteiger charge is 2.19. The molecule has 0 aliphatic heterocycles. The van der Waals surface area contributed by atoms with Crippen molar-refractivity contribution in [3.05, 3.63) is 16.1 Å². The molecule has 1 aromatic heterocycles. The SMILES string of the molecule is CC(C)Cc1nc(CC(C)(C)SS)cs1. The van der Waals surface area contributed by atoms with E-state index in [1.54, 1.807) is 22.1 Å². The van der Waals surface area contributed by atoms with Gasteiger partial charge < -0.3 is 0 Å². The number of thiol groups is 1. The van der Waals surface area contributed by atoms with Crippen LogP contribution in [-0.4, -0.2) is 9.73 Å². The van der Waals surface area contributed by atoms with E-state index in [0.29, 0.717) is 5.92 Å². The van der Waals surface area contributed by atoms with Crippen LogP contribution in [-0.2, 0) is 12.8 Å². The largest absolute Gasteiger partial charge is 0.246 e. The maximum atomic E-state index is 4.65. The number of thiazole rings is 1. The summed E-state index contributed by atoms with van der Waals surface area (Å²) >= 11 is 6.07. The van der Waals surface area contributed by atoms with Gasteiger partial charge in [0.2, 0.25) is 0 Å². The number of aromatic nitrogens is 1. The second kappa shape index (κ2) is 5.60. The molecular formula is C11H19NS3. The topological polar surface area (TPSA) is 12.9 Å². The Morgan fingerprint density at radius 3 is 2.73 bits per heavy atom. The predicted molar refractivity (Wildman–Crippen MR) is 75.0 cm³/mol. The smallest absolute Gasteiger partial charge is 0.0930 e. The highest BCUT2D eigenvalue weighted by Crippen LogP contribution is 2.31. The lowest BCUT2D eigenvalue weighted by molar-refractivity contribution is 0.639. The van der Waals surface area contributed by atoms with E-state index in [2.05, 4.69) is 49.7 Å². The molecule has 0 atom stereocenters. The van der Waals surface area contributed by atoms with Crippen LogP contribution in [0.25, 0.3) is 0 Å². The zero-order valence-electron chi connectivity index (χ0n) is 9.78. The molecule has 0 amide bonds. The lowest BCUT2D eigenvalue weighted by Gasteiger charge is -2.19. The van der Waals surface area contributed by atoms with Gasteiger partial charge >= 0.3 is 0 Å². The number of hydrogen-bond donors (Lipinski definition) is 1. The average Bonchev–Trinajstić information content (AvgIpc) is 2.50. The first kappa shape index (κ1) is 13.4. The van der Waals surface area contributed by atoms with E-state index >= 15 is 0 Å². The maximum absolute atomic E-state index is 4.65. The fraction of sp³-hybridized carbons (Fsp3) is 0.727.